The van der Waals surface area contributed by atoms with E-state index in [0.717, 1.165) is 34.4 Å². The SMILES string of the molecule is C[C@@H]1CC2C[C@H](C)CC(c3ccc(C4(c5ccccc5)c5ccccc5-c5cccc(-c6nc(-c7ccccc7)nc(-c7cccc(C#N)c7)n6)c54)cc3)(C2)C1. The van der Waals surface area contributed by atoms with E-state index in [1.165, 1.54) is 71.0 Å². The second kappa shape index (κ2) is 13.5. The first-order chi connectivity index (χ1) is 27.4. The molecule has 1 aromatic heterocycles. The van der Waals surface area contributed by atoms with Crippen LogP contribution in [0.5, 0.6) is 0 Å². The Hall–Kier alpha value is -6.18. The van der Waals surface area contributed by atoms with Gasteiger partial charge in [0.2, 0.25) is 0 Å². The van der Waals surface area contributed by atoms with E-state index in [4.69, 9.17) is 15.0 Å². The van der Waals surface area contributed by atoms with Crippen LogP contribution in [0.2, 0.25) is 0 Å². The average molecular weight is 725 g/mol. The molecule has 1 heterocycles. The van der Waals surface area contributed by atoms with Crippen molar-refractivity contribution in [3.63, 3.8) is 0 Å². The number of nitriles is 1. The van der Waals surface area contributed by atoms with Gasteiger partial charge in [-0.15, -0.1) is 0 Å². The first-order valence-corrected chi connectivity index (χ1v) is 20.2. The number of hydrogen-bond donors (Lipinski definition) is 0. The maximum Gasteiger partial charge on any atom is 0.164 e. The second-order valence-electron chi connectivity index (χ2n) is 16.8. The summed E-state index contributed by atoms with van der Waals surface area (Å²) in [6.45, 7) is 4.94. The summed E-state index contributed by atoms with van der Waals surface area (Å²) in [6.07, 6.45) is 6.59. The zero-order chi connectivity index (χ0) is 37.9. The van der Waals surface area contributed by atoms with Crippen molar-refractivity contribution in [3.05, 3.63) is 185 Å². The molecule has 2 saturated carbocycles. The van der Waals surface area contributed by atoms with Crippen LogP contribution < -0.4 is 0 Å². The summed E-state index contributed by atoms with van der Waals surface area (Å²) in [7, 11) is 0. The van der Waals surface area contributed by atoms with Gasteiger partial charge in [-0.25, -0.2) is 15.0 Å². The molecule has 2 fully saturated rings. The molecule has 56 heavy (non-hydrogen) atoms. The molecule has 0 saturated heterocycles. The summed E-state index contributed by atoms with van der Waals surface area (Å²) >= 11 is 0. The summed E-state index contributed by atoms with van der Waals surface area (Å²) < 4.78 is 0. The highest BCUT2D eigenvalue weighted by molar-refractivity contribution is 5.92. The highest BCUT2D eigenvalue weighted by atomic mass is 15.0. The Bertz CT molecular complexity index is 2600. The van der Waals surface area contributed by atoms with Crippen molar-refractivity contribution < 1.29 is 0 Å². The monoisotopic (exact) mass is 724 g/mol. The van der Waals surface area contributed by atoms with Gasteiger partial charge < -0.3 is 0 Å². The quantitative estimate of drug-likeness (QED) is 0.171. The third-order valence-electron chi connectivity index (χ3n) is 13.0. The largest absolute Gasteiger partial charge is 0.208 e. The van der Waals surface area contributed by atoms with Gasteiger partial charge in [0.25, 0.3) is 0 Å². The van der Waals surface area contributed by atoms with Crippen molar-refractivity contribution in [3.8, 4) is 51.4 Å². The summed E-state index contributed by atoms with van der Waals surface area (Å²) in [4.78, 5) is 15.5. The summed E-state index contributed by atoms with van der Waals surface area (Å²) in [5.41, 5.74) is 11.6. The lowest BCUT2D eigenvalue weighted by molar-refractivity contribution is 0.0780. The molecule has 3 unspecified atom stereocenters. The van der Waals surface area contributed by atoms with Gasteiger partial charge in [-0.2, -0.15) is 5.26 Å². The molecule has 3 aliphatic carbocycles. The number of rotatable bonds is 6. The van der Waals surface area contributed by atoms with Gasteiger partial charge in [-0.1, -0.05) is 153 Å². The fourth-order valence-corrected chi connectivity index (χ4v) is 11.2. The third-order valence-corrected chi connectivity index (χ3v) is 13.0. The Morgan fingerprint density at radius 1 is 0.518 bits per heavy atom. The number of benzene rings is 6. The molecule has 2 bridgehead atoms. The molecule has 7 aromatic rings. The Morgan fingerprint density at radius 2 is 1.07 bits per heavy atom. The van der Waals surface area contributed by atoms with Crippen molar-refractivity contribution in [2.45, 2.75) is 56.8 Å². The van der Waals surface area contributed by atoms with Crippen LogP contribution in [0.4, 0.5) is 0 Å². The zero-order valence-corrected chi connectivity index (χ0v) is 32.0. The van der Waals surface area contributed by atoms with Gasteiger partial charge in [-0.3, -0.25) is 0 Å². The molecule has 272 valence electrons. The van der Waals surface area contributed by atoms with Crippen LogP contribution in [-0.2, 0) is 10.8 Å². The standard InChI is InChI=1S/C52H44N4/c1-34-27-37-28-35(2)31-51(30-34,32-37)40-23-25-42(26-24-40)52(41-17-7-4-8-18-41)46-22-10-9-19-43(46)44-20-12-21-45(47(44)52)50-55-48(38-14-5-3-6-15-38)54-49(56-50)39-16-11-13-36(29-39)33-53/h3-26,29,34-35,37H,27-28,30-32H2,1-2H3/t34-,35+,37?,51?,52?. The predicted octanol–water partition coefficient (Wildman–Crippen LogP) is 12.2. The van der Waals surface area contributed by atoms with Gasteiger partial charge in [0.1, 0.15) is 0 Å². The Labute approximate surface area is 330 Å². The van der Waals surface area contributed by atoms with Crippen LogP contribution in [0.3, 0.4) is 0 Å². The van der Waals surface area contributed by atoms with Gasteiger partial charge >= 0.3 is 0 Å². The van der Waals surface area contributed by atoms with E-state index in [1.54, 1.807) is 0 Å². The van der Waals surface area contributed by atoms with Gasteiger partial charge in [0, 0.05) is 16.7 Å². The number of fused-ring (bicyclic) bond motifs is 5. The smallest absolute Gasteiger partial charge is 0.164 e. The van der Waals surface area contributed by atoms with Crippen molar-refractivity contribution in [2.75, 3.05) is 0 Å². The topological polar surface area (TPSA) is 62.5 Å². The van der Waals surface area contributed by atoms with E-state index in [1.807, 2.05) is 54.6 Å². The fourth-order valence-electron chi connectivity index (χ4n) is 11.2. The zero-order valence-electron chi connectivity index (χ0n) is 32.0. The lowest BCUT2D eigenvalue weighted by atomic mass is 9.54. The Kier molecular flexibility index (Phi) is 8.29. The van der Waals surface area contributed by atoms with Crippen LogP contribution in [0.25, 0.3) is 45.3 Å². The molecule has 0 aliphatic heterocycles. The normalized spacial score (nSPS) is 23.5. The summed E-state index contributed by atoms with van der Waals surface area (Å²) in [5, 5.41) is 9.79. The molecule has 0 radical (unpaired) electrons. The molecular weight excluding hydrogens is 681 g/mol. The average Bonchev–Trinajstić information content (AvgIpc) is 3.55. The molecule has 5 atom stereocenters. The Morgan fingerprint density at radius 3 is 1.80 bits per heavy atom. The summed E-state index contributed by atoms with van der Waals surface area (Å²) in [5.74, 6) is 4.06. The fraction of sp³-hybridized carbons (Fsp3) is 0.231. The lowest BCUT2D eigenvalue weighted by Gasteiger charge is -2.50. The number of aromatic nitrogens is 3. The van der Waals surface area contributed by atoms with Crippen LogP contribution >= 0.6 is 0 Å². The van der Waals surface area contributed by atoms with Crippen molar-refractivity contribution in [1.82, 2.24) is 15.0 Å². The first-order valence-electron chi connectivity index (χ1n) is 20.2. The molecule has 10 rings (SSSR count). The van der Waals surface area contributed by atoms with Crippen LogP contribution in [0.15, 0.2) is 152 Å². The molecular formula is C52H44N4. The molecule has 4 heteroatoms. The molecule has 6 aromatic carbocycles. The van der Waals surface area contributed by atoms with Gasteiger partial charge in [0.05, 0.1) is 17.0 Å². The van der Waals surface area contributed by atoms with E-state index in [2.05, 4.69) is 117 Å². The highest BCUT2D eigenvalue weighted by Crippen LogP contribution is 2.59. The maximum atomic E-state index is 9.79. The van der Waals surface area contributed by atoms with Crippen molar-refractivity contribution >= 4 is 0 Å². The van der Waals surface area contributed by atoms with Crippen molar-refractivity contribution in [2.24, 2.45) is 17.8 Å². The van der Waals surface area contributed by atoms with Crippen LogP contribution in [0, 0.1) is 29.1 Å². The highest BCUT2D eigenvalue weighted by Gasteiger charge is 2.49. The molecule has 0 amide bonds. The minimum Gasteiger partial charge on any atom is -0.208 e. The van der Waals surface area contributed by atoms with Gasteiger partial charge in [-0.05, 0) is 106 Å². The lowest BCUT2D eigenvalue weighted by Crippen LogP contribution is -2.42. The van der Waals surface area contributed by atoms with E-state index >= 15 is 0 Å². The molecule has 3 aliphatic rings. The molecule has 0 spiro atoms. The van der Waals surface area contributed by atoms with Crippen molar-refractivity contribution in [1.29, 1.82) is 5.26 Å². The number of nitrogens with zero attached hydrogens (tertiary/aromatic N) is 4. The minimum atomic E-state index is -0.636. The van der Waals surface area contributed by atoms with E-state index in [-0.39, 0.29) is 5.41 Å². The predicted molar refractivity (Wildman–Crippen MR) is 225 cm³/mol. The minimum absolute atomic E-state index is 0.243. The van der Waals surface area contributed by atoms with E-state index in [9.17, 15) is 5.26 Å². The maximum absolute atomic E-state index is 9.79. The van der Waals surface area contributed by atoms with E-state index < -0.39 is 5.41 Å². The van der Waals surface area contributed by atoms with Crippen LogP contribution in [0.1, 0.15) is 79.3 Å². The Balaban J connectivity index is 1.23. The molecule has 4 nitrogen and oxygen atoms in total. The van der Waals surface area contributed by atoms with E-state index in [0.29, 0.717) is 23.0 Å². The third kappa shape index (κ3) is 5.52. The first kappa shape index (κ1) is 34.3. The summed E-state index contributed by atoms with van der Waals surface area (Å²) in [6, 6.07) is 56.3. The number of hydrogen-bond acceptors (Lipinski definition) is 4. The van der Waals surface area contributed by atoms with Crippen LogP contribution in [-0.4, -0.2) is 15.0 Å². The van der Waals surface area contributed by atoms with Gasteiger partial charge in [0.15, 0.2) is 17.5 Å². The molecule has 0 N–H and O–H groups in total. The second-order valence-corrected chi connectivity index (χ2v) is 16.8.